The van der Waals surface area contributed by atoms with Crippen molar-refractivity contribution in [2.45, 2.75) is 25.4 Å². The first kappa shape index (κ1) is 26.4. The zero-order valence-electron chi connectivity index (χ0n) is 20.7. The molecule has 1 atom stereocenters. The van der Waals surface area contributed by atoms with Gasteiger partial charge in [0.25, 0.3) is 5.56 Å². The molecule has 0 bridgehead atoms. The number of pyridine rings is 1. The summed E-state index contributed by atoms with van der Waals surface area (Å²) in [4.78, 5) is 21.9. The van der Waals surface area contributed by atoms with Gasteiger partial charge in [-0.2, -0.15) is 17.7 Å². The number of piperidine rings is 1. The van der Waals surface area contributed by atoms with Crippen molar-refractivity contribution in [3.8, 4) is 11.1 Å². The van der Waals surface area contributed by atoms with Crippen molar-refractivity contribution in [2.75, 3.05) is 42.8 Å². The molecule has 204 valence electrons. The molecule has 1 aromatic carbocycles. The lowest BCUT2D eigenvalue weighted by Crippen LogP contribution is -2.34. The summed E-state index contributed by atoms with van der Waals surface area (Å²) in [6, 6.07) is 3.07. The SMILES string of the molecule is Cn1c(=O)c(-c2c(F)ccc(NS(=O)(=O)N3CC[C@@H](F)C3)c2F)cc2cnc(NCC3CCNCC3)nc21. The van der Waals surface area contributed by atoms with Crippen molar-refractivity contribution < 1.29 is 21.6 Å². The van der Waals surface area contributed by atoms with Crippen LogP contribution in [0.4, 0.5) is 24.8 Å². The standard InChI is InChI=1S/C24H28F3N7O3S/c1-33-22-15(12-30-24(31-22)29-11-14-4-7-28-8-5-14)10-17(23(33)35)20-18(26)2-3-19(21(20)27)32-38(36,37)34-9-6-16(25)13-34/h2-3,10,12,14,16,28,32H,4-9,11,13H2,1H3,(H,29,30,31)/t16-/m1/s1. The van der Waals surface area contributed by atoms with Crippen molar-refractivity contribution >= 4 is 32.9 Å². The number of fused-ring (bicyclic) bond motifs is 1. The number of hydrogen-bond donors (Lipinski definition) is 3. The van der Waals surface area contributed by atoms with Crippen LogP contribution in [0.25, 0.3) is 22.2 Å². The second-order valence-corrected chi connectivity index (χ2v) is 11.3. The second-order valence-electron chi connectivity index (χ2n) is 9.60. The van der Waals surface area contributed by atoms with Crippen LogP contribution in [-0.2, 0) is 17.3 Å². The predicted octanol–water partition coefficient (Wildman–Crippen LogP) is 2.39. The van der Waals surface area contributed by atoms with E-state index in [4.69, 9.17) is 0 Å². The smallest absolute Gasteiger partial charge is 0.301 e. The van der Waals surface area contributed by atoms with Crippen molar-refractivity contribution in [1.82, 2.24) is 24.2 Å². The lowest BCUT2D eigenvalue weighted by molar-refractivity contribution is 0.343. The number of aryl methyl sites for hydroxylation is 1. The van der Waals surface area contributed by atoms with Crippen LogP contribution >= 0.6 is 0 Å². The summed E-state index contributed by atoms with van der Waals surface area (Å²) in [7, 11) is -2.85. The number of rotatable bonds is 7. The largest absolute Gasteiger partial charge is 0.354 e. The van der Waals surface area contributed by atoms with Crippen molar-refractivity contribution in [2.24, 2.45) is 13.0 Å². The molecule has 10 nitrogen and oxygen atoms in total. The van der Waals surface area contributed by atoms with E-state index in [0.29, 0.717) is 23.8 Å². The Morgan fingerprint density at radius 2 is 1.95 bits per heavy atom. The molecule has 0 radical (unpaired) electrons. The summed E-state index contributed by atoms with van der Waals surface area (Å²) in [5, 5.41) is 6.87. The first-order valence-corrected chi connectivity index (χ1v) is 13.8. The van der Waals surface area contributed by atoms with Crippen molar-refractivity contribution in [3.05, 3.63) is 46.4 Å². The first-order valence-electron chi connectivity index (χ1n) is 12.4. The van der Waals surface area contributed by atoms with Gasteiger partial charge in [-0.3, -0.25) is 14.1 Å². The average Bonchev–Trinajstić information content (AvgIpc) is 3.35. The van der Waals surface area contributed by atoms with E-state index in [9.17, 15) is 22.0 Å². The highest BCUT2D eigenvalue weighted by atomic mass is 32.2. The Balaban J connectivity index is 1.47. The molecule has 38 heavy (non-hydrogen) atoms. The van der Waals surface area contributed by atoms with Gasteiger partial charge in [0.15, 0.2) is 5.82 Å². The molecule has 2 aliphatic heterocycles. The second kappa shape index (κ2) is 10.5. The Kier molecular flexibility index (Phi) is 7.29. The van der Waals surface area contributed by atoms with Gasteiger partial charge < -0.3 is 10.6 Å². The van der Waals surface area contributed by atoms with E-state index in [1.165, 1.54) is 23.9 Å². The summed E-state index contributed by atoms with van der Waals surface area (Å²) >= 11 is 0. The van der Waals surface area contributed by atoms with E-state index in [-0.39, 0.29) is 30.7 Å². The van der Waals surface area contributed by atoms with Crippen LogP contribution in [0.3, 0.4) is 0 Å². The van der Waals surface area contributed by atoms with Gasteiger partial charge in [-0.25, -0.2) is 18.2 Å². The highest BCUT2D eigenvalue weighted by Gasteiger charge is 2.32. The number of nitrogens with one attached hydrogen (secondary N) is 3. The van der Waals surface area contributed by atoms with Crippen LogP contribution < -0.4 is 20.9 Å². The van der Waals surface area contributed by atoms with Gasteiger partial charge in [0.05, 0.1) is 16.8 Å². The molecule has 0 amide bonds. The van der Waals surface area contributed by atoms with Crippen LogP contribution in [0.15, 0.2) is 29.2 Å². The molecule has 2 fully saturated rings. The number of nitrogens with zero attached hydrogens (tertiary/aromatic N) is 4. The van der Waals surface area contributed by atoms with E-state index >= 15 is 4.39 Å². The maximum Gasteiger partial charge on any atom is 0.301 e. The highest BCUT2D eigenvalue weighted by Crippen LogP contribution is 2.31. The number of anilines is 2. The van der Waals surface area contributed by atoms with E-state index < -0.39 is 44.8 Å². The summed E-state index contributed by atoms with van der Waals surface area (Å²) in [6.45, 7) is 2.17. The molecule has 2 aliphatic rings. The van der Waals surface area contributed by atoms with Gasteiger partial charge in [-0.05, 0) is 56.5 Å². The lowest BCUT2D eigenvalue weighted by atomic mass is 9.98. The lowest BCUT2D eigenvalue weighted by Gasteiger charge is -2.22. The van der Waals surface area contributed by atoms with Crippen LogP contribution in [0.5, 0.6) is 0 Å². The number of hydrogen-bond acceptors (Lipinski definition) is 7. The topological polar surface area (TPSA) is 121 Å². The van der Waals surface area contributed by atoms with Crippen LogP contribution in [0.2, 0.25) is 0 Å². The third-order valence-electron chi connectivity index (χ3n) is 6.99. The van der Waals surface area contributed by atoms with E-state index in [2.05, 4.69) is 25.3 Å². The third kappa shape index (κ3) is 5.20. The zero-order chi connectivity index (χ0) is 27.0. The quantitative estimate of drug-likeness (QED) is 0.412. The molecule has 2 saturated heterocycles. The Bertz CT molecular complexity index is 1530. The van der Waals surface area contributed by atoms with E-state index in [1.54, 1.807) is 0 Å². The molecule has 3 N–H and O–H groups in total. The molecule has 14 heteroatoms. The molecule has 0 aliphatic carbocycles. The minimum absolute atomic E-state index is 0.0303. The van der Waals surface area contributed by atoms with Gasteiger partial charge in [0.2, 0.25) is 5.95 Å². The molecular formula is C24H28F3N7O3S. The Morgan fingerprint density at radius 3 is 2.66 bits per heavy atom. The molecular weight excluding hydrogens is 523 g/mol. The fourth-order valence-electron chi connectivity index (χ4n) is 4.82. The normalized spacial score (nSPS) is 19.2. The summed E-state index contributed by atoms with van der Waals surface area (Å²) in [5.41, 5.74) is -2.02. The zero-order valence-corrected chi connectivity index (χ0v) is 21.5. The summed E-state index contributed by atoms with van der Waals surface area (Å²) < 4.78 is 73.2. The van der Waals surface area contributed by atoms with Gasteiger partial charge >= 0.3 is 10.2 Å². The monoisotopic (exact) mass is 551 g/mol. The molecule has 0 spiro atoms. The molecule has 4 heterocycles. The number of benzene rings is 1. The highest BCUT2D eigenvalue weighted by molar-refractivity contribution is 7.90. The maximum atomic E-state index is 15.5. The Labute approximate surface area is 217 Å². The number of halogens is 3. The first-order chi connectivity index (χ1) is 18.1. The summed E-state index contributed by atoms with van der Waals surface area (Å²) in [5.74, 6) is -1.50. The number of aromatic nitrogens is 3. The van der Waals surface area contributed by atoms with E-state index in [0.717, 1.165) is 42.4 Å². The van der Waals surface area contributed by atoms with Gasteiger partial charge in [-0.1, -0.05) is 0 Å². The fourth-order valence-corrected chi connectivity index (χ4v) is 6.09. The number of alkyl halides is 1. The van der Waals surface area contributed by atoms with E-state index in [1.807, 2.05) is 0 Å². The molecule has 5 rings (SSSR count). The van der Waals surface area contributed by atoms with Gasteiger partial charge in [-0.15, -0.1) is 0 Å². The Morgan fingerprint density at radius 1 is 1.18 bits per heavy atom. The Hall–Kier alpha value is -3.23. The van der Waals surface area contributed by atoms with Gasteiger partial charge in [0, 0.05) is 38.3 Å². The molecule has 2 aromatic heterocycles. The van der Waals surface area contributed by atoms with Gasteiger partial charge in [0.1, 0.15) is 17.6 Å². The molecule has 3 aromatic rings. The molecule has 0 unspecified atom stereocenters. The van der Waals surface area contributed by atoms with Crippen LogP contribution in [-0.4, -0.2) is 66.2 Å². The predicted molar refractivity (Wildman–Crippen MR) is 138 cm³/mol. The maximum absolute atomic E-state index is 15.5. The van der Waals surface area contributed by atoms with Crippen LogP contribution in [0, 0.1) is 17.6 Å². The van der Waals surface area contributed by atoms with Crippen LogP contribution in [0.1, 0.15) is 19.3 Å². The minimum Gasteiger partial charge on any atom is -0.354 e. The average molecular weight is 552 g/mol. The third-order valence-corrected chi connectivity index (χ3v) is 8.48. The molecule has 0 saturated carbocycles. The minimum atomic E-state index is -4.28. The van der Waals surface area contributed by atoms with Crippen molar-refractivity contribution in [1.29, 1.82) is 0 Å². The van der Waals surface area contributed by atoms with Crippen molar-refractivity contribution in [3.63, 3.8) is 0 Å². The summed E-state index contributed by atoms with van der Waals surface area (Å²) in [6.07, 6.45) is 2.23. The fraction of sp³-hybridized carbons (Fsp3) is 0.458.